The van der Waals surface area contributed by atoms with Gasteiger partial charge in [-0.25, -0.2) is 0 Å². The van der Waals surface area contributed by atoms with E-state index in [0.29, 0.717) is 18.9 Å². The van der Waals surface area contributed by atoms with Crippen LogP contribution in [-0.2, 0) is 4.79 Å². The lowest BCUT2D eigenvalue weighted by Crippen LogP contribution is -2.26. The van der Waals surface area contributed by atoms with Crippen LogP contribution in [0, 0.1) is 5.92 Å². The Morgan fingerprint density at radius 1 is 1.25 bits per heavy atom. The molecule has 0 radical (unpaired) electrons. The van der Waals surface area contributed by atoms with Crippen LogP contribution in [0.4, 0.5) is 0 Å². The van der Waals surface area contributed by atoms with Crippen LogP contribution in [0.3, 0.4) is 0 Å². The molecule has 1 aromatic rings. The Morgan fingerprint density at radius 3 is 2.45 bits per heavy atom. The third-order valence-electron chi connectivity index (χ3n) is 3.52. The van der Waals surface area contributed by atoms with Crippen LogP contribution in [0.15, 0.2) is 24.3 Å². The lowest BCUT2D eigenvalue weighted by molar-refractivity contribution is -0.122. The van der Waals surface area contributed by atoms with E-state index in [1.807, 2.05) is 31.2 Å². The second-order valence-electron chi connectivity index (χ2n) is 5.28. The maximum absolute atomic E-state index is 11.9. The molecule has 1 rings (SSSR count). The predicted octanol–water partition coefficient (Wildman–Crippen LogP) is 2.64. The van der Waals surface area contributed by atoms with Gasteiger partial charge in [-0.05, 0) is 49.9 Å². The van der Waals surface area contributed by atoms with Crippen LogP contribution >= 0.6 is 0 Å². The molecular formula is C16H26N2O2. The van der Waals surface area contributed by atoms with Crippen molar-refractivity contribution in [2.45, 2.75) is 39.2 Å². The minimum Gasteiger partial charge on any atom is -0.497 e. The fraction of sp³-hybridized carbons (Fsp3) is 0.562. The molecule has 0 aliphatic rings. The van der Waals surface area contributed by atoms with E-state index in [1.165, 1.54) is 0 Å². The van der Waals surface area contributed by atoms with Crippen molar-refractivity contribution in [3.63, 3.8) is 0 Å². The summed E-state index contributed by atoms with van der Waals surface area (Å²) in [5.74, 6) is 1.42. The Kier molecular flexibility index (Phi) is 7.09. The number of carbonyl (C=O) groups is 1. The number of benzene rings is 1. The molecule has 3 N–H and O–H groups in total. The summed E-state index contributed by atoms with van der Waals surface area (Å²) in [5, 5.41) is 3.02. The zero-order chi connectivity index (χ0) is 15.0. The number of hydrogen-bond donors (Lipinski definition) is 2. The molecule has 1 amide bonds. The standard InChI is InChI=1S/C16H26N2O2/c1-12(10-11-17)4-9-16(19)18-13(2)14-5-7-15(20-3)8-6-14/h5-8,12-13H,4,9-11,17H2,1-3H3,(H,18,19)/t12?,13-/m1/s1. The molecule has 0 aliphatic carbocycles. The Labute approximate surface area is 121 Å². The molecule has 0 bridgehead atoms. The molecule has 2 atom stereocenters. The number of amides is 1. The first-order chi connectivity index (χ1) is 9.56. The van der Waals surface area contributed by atoms with Crippen molar-refractivity contribution in [2.75, 3.05) is 13.7 Å². The summed E-state index contributed by atoms with van der Waals surface area (Å²) < 4.78 is 5.12. The first-order valence-electron chi connectivity index (χ1n) is 7.20. The van der Waals surface area contributed by atoms with E-state index in [9.17, 15) is 4.79 Å². The van der Waals surface area contributed by atoms with Gasteiger partial charge in [0.1, 0.15) is 5.75 Å². The minimum atomic E-state index is 0.0122. The van der Waals surface area contributed by atoms with Crippen LogP contribution in [-0.4, -0.2) is 19.6 Å². The van der Waals surface area contributed by atoms with Crippen molar-refractivity contribution in [3.8, 4) is 5.75 Å². The summed E-state index contributed by atoms with van der Waals surface area (Å²) in [6, 6.07) is 7.77. The zero-order valence-electron chi connectivity index (χ0n) is 12.7. The summed E-state index contributed by atoms with van der Waals surface area (Å²) in [6.07, 6.45) is 2.42. The fourth-order valence-corrected chi connectivity index (χ4v) is 2.10. The van der Waals surface area contributed by atoms with Gasteiger partial charge in [-0.2, -0.15) is 0 Å². The molecule has 112 valence electrons. The highest BCUT2D eigenvalue weighted by atomic mass is 16.5. The van der Waals surface area contributed by atoms with Crippen molar-refractivity contribution in [1.82, 2.24) is 5.32 Å². The molecular weight excluding hydrogens is 252 g/mol. The van der Waals surface area contributed by atoms with Gasteiger partial charge in [-0.15, -0.1) is 0 Å². The SMILES string of the molecule is COc1ccc([C@@H](C)NC(=O)CCC(C)CCN)cc1. The van der Waals surface area contributed by atoms with Gasteiger partial charge in [0.25, 0.3) is 0 Å². The van der Waals surface area contributed by atoms with Gasteiger partial charge in [0.05, 0.1) is 13.2 Å². The summed E-state index contributed by atoms with van der Waals surface area (Å²) in [5.41, 5.74) is 6.58. The van der Waals surface area contributed by atoms with Gasteiger partial charge in [0, 0.05) is 6.42 Å². The molecule has 4 nitrogen and oxygen atoms in total. The number of rotatable bonds is 8. The minimum absolute atomic E-state index is 0.0122. The largest absolute Gasteiger partial charge is 0.497 e. The highest BCUT2D eigenvalue weighted by molar-refractivity contribution is 5.76. The van der Waals surface area contributed by atoms with Gasteiger partial charge in [-0.1, -0.05) is 19.1 Å². The van der Waals surface area contributed by atoms with Crippen molar-refractivity contribution < 1.29 is 9.53 Å². The Hall–Kier alpha value is -1.55. The molecule has 0 saturated heterocycles. The van der Waals surface area contributed by atoms with Gasteiger partial charge in [0.2, 0.25) is 5.91 Å². The second-order valence-corrected chi connectivity index (χ2v) is 5.28. The lowest BCUT2D eigenvalue weighted by atomic mass is 10.0. The maximum Gasteiger partial charge on any atom is 0.220 e. The molecule has 0 saturated carbocycles. The van der Waals surface area contributed by atoms with Gasteiger partial charge < -0.3 is 15.8 Å². The van der Waals surface area contributed by atoms with E-state index < -0.39 is 0 Å². The van der Waals surface area contributed by atoms with Crippen LogP contribution in [0.1, 0.15) is 44.7 Å². The lowest BCUT2D eigenvalue weighted by Gasteiger charge is -2.16. The highest BCUT2D eigenvalue weighted by Crippen LogP contribution is 2.17. The van der Waals surface area contributed by atoms with Gasteiger partial charge in [0.15, 0.2) is 0 Å². The van der Waals surface area contributed by atoms with Gasteiger partial charge in [-0.3, -0.25) is 4.79 Å². The summed E-state index contributed by atoms with van der Waals surface area (Å²) >= 11 is 0. The molecule has 1 unspecified atom stereocenters. The van der Waals surface area contributed by atoms with Crippen LogP contribution in [0.25, 0.3) is 0 Å². The van der Waals surface area contributed by atoms with E-state index in [0.717, 1.165) is 24.2 Å². The molecule has 20 heavy (non-hydrogen) atoms. The number of hydrogen-bond acceptors (Lipinski definition) is 3. The number of ether oxygens (including phenoxy) is 1. The average molecular weight is 278 g/mol. The quantitative estimate of drug-likeness (QED) is 0.768. The maximum atomic E-state index is 11.9. The summed E-state index contributed by atoms with van der Waals surface area (Å²) in [6.45, 7) is 4.81. The monoisotopic (exact) mass is 278 g/mol. The first-order valence-corrected chi connectivity index (χ1v) is 7.20. The molecule has 4 heteroatoms. The van der Waals surface area contributed by atoms with Crippen LogP contribution in [0.5, 0.6) is 5.75 Å². The number of nitrogens with two attached hydrogens (primary N) is 1. The normalized spacial score (nSPS) is 13.6. The molecule has 0 aromatic heterocycles. The van der Waals surface area contributed by atoms with E-state index in [4.69, 9.17) is 10.5 Å². The van der Waals surface area contributed by atoms with Crippen molar-refractivity contribution in [2.24, 2.45) is 11.7 Å². The van der Waals surface area contributed by atoms with E-state index in [1.54, 1.807) is 7.11 Å². The first kappa shape index (κ1) is 16.5. The molecule has 0 aliphatic heterocycles. The molecule has 0 heterocycles. The predicted molar refractivity (Wildman–Crippen MR) is 81.6 cm³/mol. The van der Waals surface area contributed by atoms with Crippen molar-refractivity contribution >= 4 is 5.91 Å². The molecule has 1 aromatic carbocycles. The zero-order valence-corrected chi connectivity index (χ0v) is 12.7. The van der Waals surface area contributed by atoms with Crippen LogP contribution < -0.4 is 15.8 Å². The van der Waals surface area contributed by atoms with E-state index in [2.05, 4.69) is 12.2 Å². The fourth-order valence-electron chi connectivity index (χ4n) is 2.10. The second kappa shape index (κ2) is 8.59. The van der Waals surface area contributed by atoms with E-state index >= 15 is 0 Å². The third-order valence-corrected chi connectivity index (χ3v) is 3.52. The molecule has 0 fully saturated rings. The van der Waals surface area contributed by atoms with Crippen molar-refractivity contribution in [1.29, 1.82) is 0 Å². The smallest absolute Gasteiger partial charge is 0.220 e. The summed E-state index contributed by atoms with van der Waals surface area (Å²) in [7, 11) is 1.64. The Bertz CT molecular complexity index is 403. The summed E-state index contributed by atoms with van der Waals surface area (Å²) in [4.78, 5) is 11.9. The number of methoxy groups -OCH3 is 1. The number of nitrogens with one attached hydrogen (secondary N) is 1. The third kappa shape index (κ3) is 5.61. The Morgan fingerprint density at radius 2 is 1.90 bits per heavy atom. The van der Waals surface area contributed by atoms with Crippen molar-refractivity contribution in [3.05, 3.63) is 29.8 Å². The topological polar surface area (TPSA) is 64.3 Å². The van der Waals surface area contributed by atoms with E-state index in [-0.39, 0.29) is 11.9 Å². The van der Waals surface area contributed by atoms with Gasteiger partial charge >= 0.3 is 0 Å². The highest BCUT2D eigenvalue weighted by Gasteiger charge is 2.11. The molecule has 0 spiro atoms. The average Bonchev–Trinajstić information content (AvgIpc) is 2.45. The van der Waals surface area contributed by atoms with Crippen LogP contribution in [0.2, 0.25) is 0 Å². The number of carbonyl (C=O) groups excluding carboxylic acids is 1. The Balaban J connectivity index is 2.40.